The van der Waals surface area contributed by atoms with Crippen LogP contribution in [-0.4, -0.2) is 12.1 Å². The molecule has 0 amide bonds. The molecule has 3 aromatic carbocycles. The molecule has 0 spiro atoms. The van der Waals surface area contributed by atoms with Crippen LogP contribution in [0.15, 0.2) is 91.0 Å². The molecule has 0 saturated carbocycles. The van der Waals surface area contributed by atoms with Crippen molar-refractivity contribution in [3.63, 3.8) is 0 Å². The molecule has 0 radical (unpaired) electrons. The SMILES string of the molecule is COc1ccccc1Nc1nc(-c2ccccc2)cc(-c2ccccc2)c1C#N. The normalized spacial score (nSPS) is 10.2. The van der Waals surface area contributed by atoms with Gasteiger partial charge in [0, 0.05) is 11.1 Å². The van der Waals surface area contributed by atoms with Crippen molar-refractivity contribution in [1.82, 2.24) is 4.98 Å². The number of ether oxygens (including phenoxy) is 1. The van der Waals surface area contributed by atoms with Gasteiger partial charge in [-0.1, -0.05) is 72.8 Å². The summed E-state index contributed by atoms with van der Waals surface area (Å²) in [5.41, 5.74) is 4.81. The van der Waals surface area contributed by atoms with E-state index in [2.05, 4.69) is 11.4 Å². The molecule has 140 valence electrons. The Bertz CT molecular complexity index is 1170. The first kappa shape index (κ1) is 18.3. The van der Waals surface area contributed by atoms with Gasteiger partial charge in [0.1, 0.15) is 23.2 Å². The third-order valence-corrected chi connectivity index (χ3v) is 4.65. The molecule has 0 saturated heterocycles. The zero-order chi connectivity index (χ0) is 20.1. The van der Waals surface area contributed by atoms with Crippen molar-refractivity contribution < 1.29 is 4.74 Å². The molecule has 1 aromatic heterocycles. The van der Waals surface area contributed by atoms with Crippen LogP contribution in [0.5, 0.6) is 5.75 Å². The van der Waals surface area contributed by atoms with E-state index in [1.54, 1.807) is 7.11 Å². The minimum Gasteiger partial charge on any atom is -0.495 e. The molecule has 0 atom stereocenters. The van der Waals surface area contributed by atoms with Gasteiger partial charge in [-0.15, -0.1) is 0 Å². The van der Waals surface area contributed by atoms with Crippen LogP contribution in [0.25, 0.3) is 22.4 Å². The molecule has 4 rings (SSSR count). The van der Waals surface area contributed by atoms with Crippen molar-refractivity contribution >= 4 is 11.5 Å². The van der Waals surface area contributed by atoms with Crippen molar-refractivity contribution in [1.29, 1.82) is 5.26 Å². The maximum absolute atomic E-state index is 9.97. The number of hydrogen-bond donors (Lipinski definition) is 1. The van der Waals surface area contributed by atoms with Crippen LogP contribution in [0.3, 0.4) is 0 Å². The van der Waals surface area contributed by atoms with Crippen LogP contribution >= 0.6 is 0 Å². The van der Waals surface area contributed by atoms with Crippen molar-refractivity contribution in [3.8, 4) is 34.2 Å². The van der Waals surface area contributed by atoms with Gasteiger partial charge in [-0.2, -0.15) is 5.26 Å². The molecule has 0 aliphatic heterocycles. The molecule has 4 nitrogen and oxygen atoms in total. The minimum absolute atomic E-state index is 0.488. The van der Waals surface area contributed by atoms with Crippen LogP contribution < -0.4 is 10.1 Å². The summed E-state index contributed by atoms with van der Waals surface area (Å²) in [6.45, 7) is 0. The molecule has 0 fully saturated rings. The third kappa shape index (κ3) is 3.80. The second-order valence-electron chi connectivity index (χ2n) is 6.45. The summed E-state index contributed by atoms with van der Waals surface area (Å²) >= 11 is 0. The number of nitrogens with zero attached hydrogens (tertiary/aromatic N) is 2. The maximum Gasteiger partial charge on any atom is 0.149 e. The van der Waals surface area contributed by atoms with E-state index >= 15 is 0 Å². The highest BCUT2D eigenvalue weighted by atomic mass is 16.5. The largest absolute Gasteiger partial charge is 0.495 e. The van der Waals surface area contributed by atoms with E-state index in [9.17, 15) is 5.26 Å². The Kier molecular flexibility index (Phi) is 5.22. The van der Waals surface area contributed by atoms with Gasteiger partial charge < -0.3 is 10.1 Å². The van der Waals surface area contributed by atoms with Crippen LogP contribution in [0.2, 0.25) is 0 Å². The Labute approximate surface area is 170 Å². The van der Waals surface area contributed by atoms with Crippen molar-refractivity contribution in [2.45, 2.75) is 0 Å². The monoisotopic (exact) mass is 377 g/mol. The summed E-state index contributed by atoms with van der Waals surface area (Å²) in [5, 5.41) is 13.3. The van der Waals surface area contributed by atoms with Crippen LogP contribution in [0.1, 0.15) is 5.56 Å². The van der Waals surface area contributed by atoms with Gasteiger partial charge in [0.2, 0.25) is 0 Å². The number of anilines is 2. The first-order valence-corrected chi connectivity index (χ1v) is 9.26. The number of aromatic nitrogens is 1. The minimum atomic E-state index is 0.488. The first-order chi connectivity index (χ1) is 14.3. The summed E-state index contributed by atoms with van der Waals surface area (Å²) in [6, 6.07) is 31.7. The molecule has 0 unspecified atom stereocenters. The zero-order valence-electron chi connectivity index (χ0n) is 16.0. The summed E-state index contributed by atoms with van der Waals surface area (Å²) in [7, 11) is 1.62. The molecule has 0 bridgehead atoms. The number of methoxy groups -OCH3 is 1. The number of rotatable bonds is 5. The first-order valence-electron chi connectivity index (χ1n) is 9.26. The van der Waals surface area contributed by atoms with E-state index in [4.69, 9.17) is 9.72 Å². The second-order valence-corrected chi connectivity index (χ2v) is 6.45. The molecule has 4 aromatic rings. The lowest BCUT2D eigenvalue weighted by molar-refractivity contribution is 0.417. The number of benzene rings is 3. The number of nitrogens with one attached hydrogen (secondary N) is 1. The topological polar surface area (TPSA) is 57.9 Å². The molecule has 1 heterocycles. The smallest absolute Gasteiger partial charge is 0.149 e. The predicted molar refractivity (Wildman–Crippen MR) is 116 cm³/mol. The fraction of sp³-hybridized carbons (Fsp3) is 0.0400. The molecule has 29 heavy (non-hydrogen) atoms. The van der Waals surface area contributed by atoms with E-state index in [-0.39, 0.29) is 0 Å². The lowest BCUT2D eigenvalue weighted by Crippen LogP contribution is -2.02. The van der Waals surface area contributed by atoms with Gasteiger partial charge in [0.15, 0.2) is 0 Å². The Hall–Kier alpha value is -4.10. The van der Waals surface area contributed by atoms with E-state index in [1.165, 1.54) is 0 Å². The van der Waals surface area contributed by atoms with E-state index in [0.717, 1.165) is 28.1 Å². The fourth-order valence-corrected chi connectivity index (χ4v) is 3.23. The molecule has 0 aliphatic carbocycles. The van der Waals surface area contributed by atoms with E-state index in [0.29, 0.717) is 17.1 Å². The number of nitriles is 1. The summed E-state index contributed by atoms with van der Waals surface area (Å²) in [6.07, 6.45) is 0. The Morgan fingerprint density at radius 1 is 0.828 bits per heavy atom. The lowest BCUT2D eigenvalue weighted by atomic mass is 9.98. The van der Waals surface area contributed by atoms with Crippen LogP contribution in [0, 0.1) is 11.3 Å². The van der Waals surface area contributed by atoms with Crippen molar-refractivity contribution in [2.24, 2.45) is 0 Å². The molecular weight excluding hydrogens is 358 g/mol. The van der Waals surface area contributed by atoms with Gasteiger partial charge in [-0.3, -0.25) is 0 Å². The standard InChI is InChI=1S/C25H19N3O/c1-29-24-15-9-8-14-22(24)27-25-21(17-26)20(18-10-4-2-5-11-18)16-23(28-25)19-12-6-3-7-13-19/h2-16H,1H3,(H,27,28). The highest BCUT2D eigenvalue weighted by molar-refractivity contribution is 5.83. The molecule has 1 N–H and O–H groups in total. The maximum atomic E-state index is 9.97. The van der Waals surface area contributed by atoms with Gasteiger partial charge in [0.25, 0.3) is 0 Å². The van der Waals surface area contributed by atoms with Crippen LogP contribution in [-0.2, 0) is 0 Å². The van der Waals surface area contributed by atoms with E-state index < -0.39 is 0 Å². The summed E-state index contributed by atoms with van der Waals surface area (Å²) < 4.78 is 5.45. The number of para-hydroxylation sites is 2. The average molecular weight is 377 g/mol. The number of hydrogen-bond acceptors (Lipinski definition) is 4. The van der Waals surface area contributed by atoms with Gasteiger partial charge in [-0.25, -0.2) is 4.98 Å². The molecular formula is C25H19N3O. The number of pyridine rings is 1. The fourth-order valence-electron chi connectivity index (χ4n) is 3.23. The summed E-state index contributed by atoms with van der Waals surface area (Å²) in [5.74, 6) is 1.18. The third-order valence-electron chi connectivity index (χ3n) is 4.65. The Balaban J connectivity index is 1.92. The Morgan fingerprint density at radius 2 is 1.45 bits per heavy atom. The van der Waals surface area contributed by atoms with Gasteiger partial charge >= 0.3 is 0 Å². The van der Waals surface area contributed by atoms with Gasteiger partial charge in [-0.05, 0) is 23.8 Å². The lowest BCUT2D eigenvalue weighted by Gasteiger charge is -2.15. The van der Waals surface area contributed by atoms with Gasteiger partial charge in [0.05, 0.1) is 18.5 Å². The molecule has 0 aliphatic rings. The Morgan fingerprint density at radius 3 is 2.10 bits per heavy atom. The highest BCUT2D eigenvalue weighted by Crippen LogP contribution is 2.35. The van der Waals surface area contributed by atoms with Crippen molar-refractivity contribution in [2.75, 3.05) is 12.4 Å². The predicted octanol–water partition coefficient (Wildman–Crippen LogP) is 6.04. The van der Waals surface area contributed by atoms with E-state index in [1.807, 2.05) is 91.0 Å². The quantitative estimate of drug-likeness (QED) is 0.461. The average Bonchev–Trinajstić information content (AvgIpc) is 2.80. The zero-order valence-corrected chi connectivity index (χ0v) is 16.0. The molecule has 4 heteroatoms. The van der Waals surface area contributed by atoms with Crippen molar-refractivity contribution in [3.05, 3.63) is 96.6 Å². The van der Waals surface area contributed by atoms with Crippen LogP contribution in [0.4, 0.5) is 11.5 Å². The highest BCUT2D eigenvalue weighted by Gasteiger charge is 2.16. The summed E-state index contributed by atoms with van der Waals surface area (Å²) in [4.78, 5) is 4.78. The second kappa shape index (κ2) is 8.28.